The lowest BCUT2D eigenvalue weighted by Crippen LogP contribution is -2.46. The first-order valence-corrected chi connectivity index (χ1v) is 26.8. The number of ether oxygens (including phenoxy) is 1. The number of rotatable bonds is 49. The van der Waals surface area contributed by atoms with Crippen LogP contribution in [-0.2, 0) is 14.3 Å². The summed E-state index contributed by atoms with van der Waals surface area (Å²) in [6.07, 6.45) is 51.6. The van der Waals surface area contributed by atoms with Crippen molar-refractivity contribution in [2.75, 3.05) is 6.61 Å². The van der Waals surface area contributed by atoms with Crippen LogP contribution in [0.5, 0.6) is 0 Å². The molecular formula is C53H105NO5. The number of nitrogens with one attached hydrogen (secondary N) is 1. The molecule has 0 bridgehead atoms. The predicted octanol–water partition coefficient (Wildman–Crippen LogP) is 16.0. The summed E-state index contributed by atoms with van der Waals surface area (Å²) in [4.78, 5) is 26.1. The van der Waals surface area contributed by atoms with Crippen LogP contribution in [0.3, 0.4) is 0 Å². The van der Waals surface area contributed by atoms with Crippen LogP contribution >= 0.6 is 0 Å². The lowest BCUT2D eigenvalue weighted by molar-refractivity contribution is -0.151. The van der Waals surface area contributed by atoms with E-state index < -0.39 is 18.2 Å². The molecule has 352 valence electrons. The summed E-state index contributed by atoms with van der Waals surface area (Å²) in [5.41, 5.74) is 0. The van der Waals surface area contributed by atoms with Gasteiger partial charge >= 0.3 is 5.97 Å². The molecular weight excluding hydrogens is 731 g/mol. The van der Waals surface area contributed by atoms with Crippen molar-refractivity contribution in [3.63, 3.8) is 0 Å². The first-order valence-electron chi connectivity index (χ1n) is 26.8. The molecule has 3 N–H and O–H groups in total. The smallest absolute Gasteiger partial charge is 0.306 e. The lowest BCUT2D eigenvalue weighted by Gasteiger charge is -2.24. The summed E-state index contributed by atoms with van der Waals surface area (Å²) in [5, 5.41) is 23.7. The van der Waals surface area contributed by atoms with E-state index in [9.17, 15) is 19.8 Å². The van der Waals surface area contributed by atoms with Gasteiger partial charge in [-0.05, 0) is 25.7 Å². The van der Waals surface area contributed by atoms with E-state index in [1.807, 2.05) is 0 Å². The highest BCUT2D eigenvalue weighted by molar-refractivity contribution is 5.77. The second-order valence-corrected chi connectivity index (χ2v) is 18.6. The van der Waals surface area contributed by atoms with Crippen molar-refractivity contribution in [3.05, 3.63) is 0 Å². The Balaban J connectivity index is 4.50. The van der Waals surface area contributed by atoms with E-state index in [4.69, 9.17) is 4.74 Å². The van der Waals surface area contributed by atoms with Gasteiger partial charge in [0.05, 0.1) is 25.2 Å². The van der Waals surface area contributed by atoms with Gasteiger partial charge in [-0.25, -0.2) is 0 Å². The molecule has 0 aromatic heterocycles. The van der Waals surface area contributed by atoms with Crippen molar-refractivity contribution < 1.29 is 24.5 Å². The molecule has 3 atom stereocenters. The Morgan fingerprint density at radius 2 is 0.712 bits per heavy atom. The summed E-state index contributed by atoms with van der Waals surface area (Å²) >= 11 is 0. The zero-order chi connectivity index (χ0) is 43.1. The van der Waals surface area contributed by atoms with Gasteiger partial charge in [0.1, 0.15) is 6.10 Å². The predicted molar refractivity (Wildman–Crippen MR) is 255 cm³/mol. The van der Waals surface area contributed by atoms with Gasteiger partial charge < -0.3 is 20.3 Å². The summed E-state index contributed by atoms with van der Waals surface area (Å²) in [7, 11) is 0. The number of esters is 1. The molecule has 0 aliphatic rings. The van der Waals surface area contributed by atoms with Crippen LogP contribution in [0.25, 0.3) is 0 Å². The van der Waals surface area contributed by atoms with Crippen molar-refractivity contribution in [1.29, 1.82) is 0 Å². The maximum Gasteiger partial charge on any atom is 0.306 e. The maximum atomic E-state index is 13.2. The molecule has 3 unspecified atom stereocenters. The molecule has 59 heavy (non-hydrogen) atoms. The Hall–Kier alpha value is -1.14. The highest BCUT2D eigenvalue weighted by Gasteiger charge is 2.24. The average Bonchev–Trinajstić information content (AvgIpc) is 3.23. The quantitative estimate of drug-likeness (QED) is 0.0419. The number of unbranched alkanes of at least 4 members (excludes halogenated alkanes) is 37. The highest BCUT2D eigenvalue weighted by Crippen LogP contribution is 2.19. The van der Waals surface area contributed by atoms with Crippen LogP contribution in [0.4, 0.5) is 0 Å². The fraction of sp³-hybridized carbons (Fsp3) is 0.962. The Bertz CT molecular complexity index is 852. The van der Waals surface area contributed by atoms with Crippen LogP contribution in [-0.4, -0.2) is 46.9 Å². The van der Waals surface area contributed by atoms with Crippen molar-refractivity contribution >= 4 is 11.9 Å². The molecule has 0 aliphatic carbocycles. The summed E-state index contributed by atoms with van der Waals surface area (Å²) in [6.45, 7) is 6.51. The van der Waals surface area contributed by atoms with Crippen LogP contribution in [0.15, 0.2) is 0 Å². The fourth-order valence-electron chi connectivity index (χ4n) is 8.61. The second kappa shape index (κ2) is 47.9. The summed E-state index contributed by atoms with van der Waals surface area (Å²) in [5.74, 6) is -0.450. The van der Waals surface area contributed by atoms with Crippen molar-refractivity contribution in [3.8, 4) is 0 Å². The molecule has 0 fully saturated rings. The van der Waals surface area contributed by atoms with Gasteiger partial charge in [-0.2, -0.15) is 0 Å². The molecule has 6 heteroatoms. The van der Waals surface area contributed by atoms with Crippen LogP contribution in [0, 0.1) is 0 Å². The molecule has 0 aliphatic heterocycles. The lowest BCUT2D eigenvalue weighted by atomic mass is 10.0. The highest BCUT2D eigenvalue weighted by atomic mass is 16.5. The van der Waals surface area contributed by atoms with E-state index in [0.717, 1.165) is 38.5 Å². The number of aliphatic hydroxyl groups excluding tert-OH is 2. The Labute approximate surface area is 368 Å². The molecule has 0 aromatic carbocycles. The zero-order valence-corrected chi connectivity index (χ0v) is 40.2. The van der Waals surface area contributed by atoms with Crippen LogP contribution < -0.4 is 5.32 Å². The average molecular weight is 836 g/mol. The molecule has 0 saturated heterocycles. The Morgan fingerprint density at radius 3 is 1.03 bits per heavy atom. The molecule has 0 radical (unpaired) electrons. The van der Waals surface area contributed by atoms with E-state index in [2.05, 4.69) is 26.1 Å². The second-order valence-electron chi connectivity index (χ2n) is 18.6. The molecule has 0 saturated carbocycles. The van der Waals surface area contributed by atoms with E-state index in [1.54, 1.807) is 0 Å². The third-order valence-electron chi connectivity index (χ3n) is 12.7. The molecule has 1 amide bonds. The molecule has 0 rings (SSSR count). The molecule has 0 spiro atoms. The van der Waals surface area contributed by atoms with Gasteiger partial charge in [-0.15, -0.1) is 0 Å². The minimum Gasteiger partial charge on any atom is -0.462 e. The van der Waals surface area contributed by atoms with Crippen molar-refractivity contribution in [2.45, 2.75) is 322 Å². The van der Waals surface area contributed by atoms with E-state index in [-0.39, 0.29) is 24.9 Å². The number of hydrogen-bond donors (Lipinski definition) is 3. The van der Waals surface area contributed by atoms with Crippen molar-refractivity contribution in [2.24, 2.45) is 0 Å². The van der Waals surface area contributed by atoms with Gasteiger partial charge in [0.2, 0.25) is 5.91 Å². The van der Waals surface area contributed by atoms with Gasteiger partial charge in [0.15, 0.2) is 0 Å². The fourth-order valence-corrected chi connectivity index (χ4v) is 8.61. The molecule has 6 nitrogen and oxygen atoms in total. The van der Waals surface area contributed by atoms with Crippen LogP contribution in [0.1, 0.15) is 303 Å². The molecule has 0 heterocycles. The van der Waals surface area contributed by atoms with Gasteiger partial charge in [-0.1, -0.05) is 265 Å². The van der Waals surface area contributed by atoms with Gasteiger partial charge in [-0.3, -0.25) is 9.59 Å². The van der Waals surface area contributed by atoms with Crippen molar-refractivity contribution in [1.82, 2.24) is 5.32 Å². The summed E-state index contributed by atoms with van der Waals surface area (Å²) in [6, 6.07) is -0.691. The Morgan fingerprint density at radius 1 is 0.424 bits per heavy atom. The minimum atomic E-state index is -0.778. The standard InChI is InChI=1S/C53H105NO5/c1-4-7-10-13-16-19-22-24-25-26-27-29-30-32-35-38-41-44-49(59-53(58)46-43-40-37-34-31-28-23-20-17-14-11-8-5-2)47-52(57)54-50(48-55)51(56)45-42-39-36-33-21-18-15-12-9-6-3/h49-51,55-56H,4-48H2,1-3H3,(H,54,57). The topological polar surface area (TPSA) is 95.9 Å². The number of aliphatic hydroxyl groups is 2. The largest absolute Gasteiger partial charge is 0.462 e. The van der Waals surface area contributed by atoms with Gasteiger partial charge in [0, 0.05) is 6.42 Å². The normalized spacial score (nSPS) is 13.1. The number of amides is 1. The van der Waals surface area contributed by atoms with Gasteiger partial charge in [0.25, 0.3) is 0 Å². The third kappa shape index (κ3) is 43.3. The minimum absolute atomic E-state index is 0.0880. The number of carbonyl (C=O) groups is 2. The maximum absolute atomic E-state index is 13.2. The van der Waals surface area contributed by atoms with E-state index in [1.165, 1.54) is 218 Å². The summed E-state index contributed by atoms with van der Waals surface area (Å²) < 4.78 is 5.95. The monoisotopic (exact) mass is 836 g/mol. The van der Waals surface area contributed by atoms with E-state index in [0.29, 0.717) is 19.3 Å². The Kier molecular flexibility index (Phi) is 47.0. The van der Waals surface area contributed by atoms with E-state index >= 15 is 0 Å². The zero-order valence-electron chi connectivity index (χ0n) is 40.2. The first kappa shape index (κ1) is 57.9. The number of hydrogen-bond acceptors (Lipinski definition) is 5. The third-order valence-corrected chi connectivity index (χ3v) is 12.7. The SMILES string of the molecule is CCCCCCCCCCCCCCCCCCCC(CC(=O)NC(CO)C(O)CCCCCCCCCCCC)OC(=O)CCCCCCCCCCCCCCC. The number of carbonyl (C=O) groups excluding carboxylic acids is 2. The molecule has 0 aromatic rings. The van der Waals surface area contributed by atoms with Crippen LogP contribution in [0.2, 0.25) is 0 Å². The first-order chi connectivity index (χ1) is 29.0.